The van der Waals surface area contributed by atoms with Crippen molar-refractivity contribution in [2.75, 3.05) is 20.1 Å². The second-order valence-corrected chi connectivity index (χ2v) is 2.57. The summed E-state index contributed by atoms with van der Waals surface area (Å²) in [6.45, 7) is 10.6. The first kappa shape index (κ1) is 13.5. The molecule has 0 saturated heterocycles. The Morgan fingerprint density at radius 3 is 2.00 bits per heavy atom. The highest BCUT2D eigenvalue weighted by Gasteiger charge is 1.88. The Kier molecular flexibility index (Phi) is 15.4. The topological polar surface area (TPSA) is 24.1 Å². The summed E-state index contributed by atoms with van der Waals surface area (Å²) >= 11 is 0. The van der Waals surface area contributed by atoms with E-state index in [4.69, 9.17) is 0 Å². The molecule has 2 heteroatoms. The van der Waals surface area contributed by atoms with Gasteiger partial charge in [0.05, 0.1) is 0 Å². The number of hydrogen-bond donors (Lipinski definition) is 2. The van der Waals surface area contributed by atoms with Crippen molar-refractivity contribution in [3.05, 3.63) is 0 Å². The van der Waals surface area contributed by atoms with Crippen LogP contribution in [-0.2, 0) is 0 Å². The monoisotopic (exact) mass is 160 g/mol. The molecule has 2 N–H and O–H groups in total. The van der Waals surface area contributed by atoms with Gasteiger partial charge < -0.3 is 10.6 Å². The van der Waals surface area contributed by atoms with Crippen LogP contribution in [0.5, 0.6) is 0 Å². The zero-order chi connectivity index (χ0) is 9.11. The Bertz CT molecular complexity index is 53.5. The smallest absolute Gasteiger partial charge is 0.00103 e. The van der Waals surface area contributed by atoms with Crippen LogP contribution < -0.4 is 10.6 Å². The summed E-state index contributed by atoms with van der Waals surface area (Å²) in [7, 11) is 1.98. The van der Waals surface area contributed by atoms with E-state index in [0.717, 1.165) is 13.1 Å². The molecule has 11 heavy (non-hydrogen) atoms. The molecule has 0 saturated carbocycles. The van der Waals surface area contributed by atoms with E-state index < -0.39 is 0 Å². The van der Waals surface area contributed by atoms with Gasteiger partial charge in [0.15, 0.2) is 0 Å². The molecule has 0 spiro atoms. The lowest BCUT2D eigenvalue weighted by atomic mass is 10.3. The minimum atomic E-state index is 0.627. The molecular formula is C9H24N2. The first-order chi connectivity index (χ1) is 5.27. The van der Waals surface area contributed by atoms with E-state index in [-0.39, 0.29) is 0 Å². The van der Waals surface area contributed by atoms with Crippen LogP contribution in [-0.4, -0.2) is 26.2 Å². The molecule has 0 aliphatic heterocycles. The van der Waals surface area contributed by atoms with Crippen LogP contribution in [0.3, 0.4) is 0 Å². The summed E-state index contributed by atoms with van der Waals surface area (Å²) in [4.78, 5) is 0. The van der Waals surface area contributed by atoms with Gasteiger partial charge in [0, 0.05) is 6.04 Å². The quantitative estimate of drug-likeness (QED) is 0.597. The van der Waals surface area contributed by atoms with Gasteiger partial charge in [-0.15, -0.1) is 0 Å². The molecule has 0 fully saturated rings. The summed E-state index contributed by atoms with van der Waals surface area (Å²) in [6, 6.07) is 0.627. The molecule has 0 aliphatic carbocycles. The van der Waals surface area contributed by atoms with Crippen molar-refractivity contribution in [1.29, 1.82) is 0 Å². The Morgan fingerprint density at radius 2 is 1.64 bits per heavy atom. The van der Waals surface area contributed by atoms with Crippen LogP contribution in [0.25, 0.3) is 0 Å². The maximum atomic E-state index is 3.34. The first-order valence-electron chi connectivity index (χ1n) is 4.65. The van der Waals surface area contributed by atoms with Gasteiger partial charge in [-0.05, 0) is 26.6 Å². The molecule has 0 atom stereocenters. The molecular weight excluding hydrogens is 136 g/mol. The van der Waals surface area contributed by atoms with Gasteiger partial charge in [-0.2, -0.15) is 0 Å². The van der Waals surface area contributed by atoms with Gasteiger partial charge in [-0.25, -0.2) is 0 Å². The van der Waals surface area contributed by atoms with Gasteiger partial charge in [0.25, 0.3) is 0 Å². The van der Waals surface area contributed by atoms with Gasteiger partial charge >= 0.3 is 0 Å². The fourth-order valence-corrected chi connectivity index (χ4v) is 0.656. The zero-order valence-electron chi connectivity index (χ0n) is 8.70. The van der Waals surface area contributed by atoms with Crippen LogP contribution in [0.2, 0.25) is 0 Å². The fraction of sp³-hybridized carbons (Fsp3) is 1.00. The lowest BCUT2D eigenvalue weighted by molar-refractivity contribution is 0.560. The van der Waals surface area contributed by atoms with Gasteiger partial charge in [-0.3, -0.25) is 0 Å². The van der Waals surface area contributed by atoms with Gasteiger partial charge in [0.2, 0.25) is 0 Å². The van der Waals surface area contributed by atoms with E-state index in [2.05, 4.69) is 24.5 Å². The molecule has 0 unspecified atom stereocenters. The summed E-state index contributed by atoms with van der Waals surface area (Å²) in [6.07, 6.45) is 1.22. The molecule has 70 valence electrons. The molecule has 0 aromatic rings. The van der Waals surface area contributed by atoms with Crippen molar-refractivity contribution in [3.63, 3.8) is 0 Å². The first-order valence-corrected chi connectivity index (χ1v) is 4.65. The fourth-order valence-electron chi connectivity index (χ4n) is 0.656. The summed E-state index contributed by atoms with van der Waals surface area (Å²) in [5.74, 6) is 0. The largest absolute Gasteiger partial charge is 0.320 e. The predicted octanol–water partition coefficient (Wildman–Crippen LogP) is 1.62. The Morgan fingerprint density at radius 1 is 1.09 bits per heavy atom. The van der Waals surface area contributed by atoms with Gasteiger partial charge in [-0.1, -0.05) is 27.7 Å². The van der Waals surface area contributed by atoms with Crippen molar-refractivity contribution in [1.82, 2.24) is 10.6 Å². The average molecular weight is 160 g/mol. The average Bonchev–Trinajstić information content (AvgIpc) is 2.02. The van der Waals surface area contributed by atoms with Gasteiger partial charge in [0.1, 0.15) is 0 Å². The minimum Gasteiger partial charge on any atom is -0.320 e. The highest BCUT2D eigenvalue weighted by Crippen LogP contribution is 1.77. The van der Waals surface area contributed by atoms with Crippen LogP contribution in [0.4, 0.5) is 0 Å². The van der Waals surface area contributed by atoms with Crippen LogP contribution >= 0.6 is 0 Å². The Labute approximate surface area is 71.8 Å². The lowest BCUT2D eigenvalue weighted by Crippen LogP contribution is -2.25. The summed E-state index contributed by atoms with van der Waals surface area (Å²) in [5, 5.41) is 6.44. The van der Waals surface area contributed by atoms with Crippen molar-refractivity contribution < 1.29 is 0 Å². The third-order valence-electron chi connectivity index (χ3n) is 1.16. The molecule has 0 heterocycles. The molecule has 0 aliphatic rings. The number of hydrogen-bond acceptors (Lipinski definition) is 2. The molecule has 2 nitrogen and oxygen atoms in total. The molecule has 0 amide bonds. The third-order valence-corrected chi connectivity index (χ3v) is 1.16. The van der Waals surface area contributed by atoms with Crippen LogP contribution in [0.15, 0.2) is 0 Å². The predicted molar refractivity (Wildman–Crippen MR) is 53.0 cm³/mol. The standard InChI is InChI=1S/C7H18N2.C2H6/c1-7(2)9-6-4-5-8-3;1-2/h7-9H,4-6H2,1-3H3;1-2H3. The van der Waals surface area contributed by atoms with Crippen LogP contribution in [0.1, 0.15) is 34.1 Å². The van der Waals surface area contributed by atoms with Crippen molar-refractivity contribution in [2.24, 2.45) is 0 Å². The normalized spacial score (nSPS) is 9.27. The highest BCUT2D eigenvalue weighted by molar-refractivity contribution is 4.52. The number of rotatable bonds is 5. The van der Waals surface area contributed by atoms with Crippen molar-refractivity contribution in [2.45, 2.75) is 40.2 Å². The van der Waals surface area contributed by atoms with Crippen molar-refractivity contribution >= 4 is 0 Å². The second kappa shape index (κ2) is 12.6. The minimum absolute atomic E-state index is 0.627. The SMILES string of the molecule is CC.CNCCCNC(C)C. The lowest BCUT2D eigenvalue weighted by Gasteiger charge is -2.06. The van der Waals surface area contributed by atoms with Crippen LogP contribution in [0, 0.1) is 0 Å². The molecule has 0 radical (unpaired) electrons. The van der Waals surface area contributed by atoms with E-state index in [0.29, 0.717) is 6.04 Å². The van der Waals surface area contributed by atoms with E-state index in [1.165, 1.54) is 6.42 Å². The van der Waals surface area contributed by atoms with E-state index in [9.17, 15) is 0 Å². The third kappa shape index (κ3) is 17.8. The molecule has 0 aromatic heterocycles. The zero-order valence-corrected chi connectivity index (χ0v) is 8.70. The maximum absolute atomic E-state index is 3.34. The van der Waals surface area contributed by atoms with E-state index in [1.807, 2.05) is 20.9 Å². The second-order valence-electron chi connectivity index (χ2n) is 2.57. The molecule has 0 rings (SSSR count). The number of nitrogens with one attached hydrogen (secondary N) is 2. The Balaban J connectivity index is 0. The van der Waals surface area contributed by atoms with Crippen molar-refractivity contribution in [3.8, 4) is 0 Å². The summed E-state index contributed by atoms with van der Waals surface area (Å²) in [5.41, 5.74) is 0. The molecule has 0 bridgehead atoms. The van der Waals surface area contributed by atoms with E-state index in [1.54, 1.807) is 0 Å². The Hall–Kier alpha value is -0.0800. The highest BCUT2D eigenvalue weighted by atomic mass is 14.9. The summed E-state index contributed by atoms with van der Waals surface area (Å²) < 4.78 is 0. The maximum Gasteiger partial charge on any atom is 0.00103 e. The van der Waals surface area contributed by atoms with E-state index >= 15 is 0 Å². The molecule has 0 aromatic carbocycles.